The van der Waals surface area contributed by atoms with Gasteiger partial charge in [-0.05, 0) is 18.6 Å². The molecule has 3 heterocycles. The number of carbonyl (C=O) groups is 1. The van der Waals surface area contributed by atoms with Crippen LogP contribution in [0.5, 0.6) is 0 Å². The number of nitrogens with zero attached hydrogens (tertiary/aromatic N) is 3. The number of nitrogens with one attached hydrogen (secondary N) is 1. The van der Waals surface area contributed by atoms with E-state index in [0.717, 1.165) is 18.5 Å². The van der Waals surface area contributed by atoms with Crippen molar-refractivity contribution in [3.63, 3.8) is 0 Å². The molecular formula is C15H15ClN4O2. The standard InChI is InChI=1S/C15H15ClN4O2/c1-2-3-11-6-12(22-19-11)7-17-15(21)13-9-20-8-10(16)4-5-14(20)18-13/h4-6,8-9H,2-3,7H2,1H3,(H,17,21). The van der Waals surface area contributed by atoms with Crippen molar-refractivity contribution >= 4 is 23.2 Å². The first-order chi connectivity index (χ1) is 10.7. The number of aromatic nitrogens is 3. The van der Waals surface area contributed by atoms with Crippen molar-refractivity contribution < 1.29 is 9.32 Å². The Balaban J connectivity index is 1.67. The van der Waals surface area contributed by atoms with Crippen molar-refractivity contribution in [3.05, 3.63) is 52.8 Å². The molecule has 0 aliphatic carbocycles. The van der Waals surface area contributed by atoms with Crippen LogP contribution in [0.3, 0.4) is 0 Å². The number of imidazole rings is 1. The normalized spacial score (nSPS) is 11.0. The topological polar surface area (TPSA) is 72.4 Å². The molecule has 0 saturated carbocycles. The molecule has 0 aliphatic heterocycles. The number of halogens is 1. The minimum atomic E-state index is -0.270. The van der Waals surface area contributed by atoms with Gasteiger partial charge in [0, 0.05) is 18.5 Å². The van der Waals surface area contributed by atoms with Crippen LogP contribution < -0.4 is 5.32 Å². The number of rotatable bonds is 5. The molecule has 1 amide bonds. The zero-order chi connectivity index (χ0) is 15.5. The Morgan fingerprint density at radius 3 is 3.09 bits per heavy atom. The lowest BCUT2D eigenvalue weighted by Crippen LogP contribution is -2.22. The van der Waals surface area contributed by atoms with Crippen LogP contribution in [-0.2, 0) is 13.0 Å². The van der Waals surface area contributed by atoms with Crippen LogP contribution in [0, 0.1) is 0 Å². The second kappa shape index (κ2) is 6.19. The lowest BCUT2D eigenvalue weighted by molar-refractivity contribution is 0.0942. The van der Waals surface area contributed by atoms with Crippen molar-refractivity contribution in [1.29, 1.82) is 0 Å². The van der Waals surface area contributed by atoms with Gasteiger partial charge in [0.2, 0.25) is 0 Å². The summed E-state index contributed by atoms with van der Waals surface area (Å²) in [5.74, 6) is 0.358. The fourth-order valence-corrected chi connectivity index (χ4v) is 2.31. The van der Waals surface area contributed by atoms with Gasteiger partial charge in [-0.1, -0.05) is 30.1 Å². The van der Waals surface area contributed by atoms with E-state index in [4.69, 9.17) is 16.1 Å². The predicted octanol–water partition coefficient (Wildman–Crippen LogP) is 2.86. The van der Waals surface area contributed by atoms with E-state index in [-0.39, 0.29) is 12.5 Å². The van der Waals surface area contributed by atoms with Crippen molar-refractivity contribution in [3.8, 4) is 0 Å². The molecule has 0 bridgehead atoms. The fourth-order valence-electron chi connectivity index (χ4n) is 2.15. The summed E-state index contributed by atoms with van der Waals surface area (Å²) in [5.41, 5.74) is 1.89. The van der Waals surface area contributed by atoms with E-state index in [9.17, 15) is 4.79 Å². The van der Waals surface area contributed by atoms with E-state index in [1.54, 1.807) is 28.9 Å². The van der Waals surface area contributed by atoms with Crippen LogP contribution in [0.2, 0.25) is 5.02 Å². The average Bonchev–Trinajstić information content (AvgIpc) is 3.11. The average molecular weight is 319 g/mol. The summed E-state index contributed by atoms with van der Waals surface area (Å²) in [4.78, 5) is 16.4. The zero-order valence-corrected chi connectivity index (χ0v) is 12.8. The van der Waals surface area contributed by atoms with Crippen LogP contribution in [0.4, 0.5) is 0 Å². The largest absolute Gasteiger partial charge is 0.359 e. The smallest absolute Gasteiger partial charge is 0.271 e. The molecule has 0 fully saturated rings. The number of hydrogen-bond donors (Lipinski definition) is 1. The third kappa shape index (κ3) is 3.12. The Morgan fingerprint density at radius 1 is 1.41 bits per heavy atom. The minimum Gasteiger partial charge on any atom is -0.359 e. The van der Waals surface area contributed by atoms with E-state index in [1.807, 2.05) is 6.07 Å². The van der Waals surface area contributed by atoms with Crippen LogP contribution >= 0.6 is 11.6 Å². The van der Waals surface area contributed by atoms with Crippen LogP contribution in [0.25, 0.3) is 5.65 Å². The SMILES string of the molecule is CCCc1cc(CNC(=O)c2cn3cc(Cl)ccc3n2)on1. The molecule has 0 aliphatic rings. The molecule has 1 N–H and O–H groups in total. The Bertz CT molecular complexity index is 809. The molecule has 0 atom stereocenters. The molecule has 3 rings (SSSR count). The second-order valence-corrected chi connectivity index (χ2v) is 5.39. The first-order valence-electron chi connectivity index (χ1n) is 7.02. The summed E-state index contributed by atoms with van der Waals surface area (Å²) in [5, 5.41) is 7.29. The molecule has 7 heteroatoms. The van der Waals surface area contributed by atoms with E-state index < -0.39 is 0 Å². The summed E-state index contributed by atoms with van der Waals surface area (Å²) in [6, 6.07) is 5.34. The highest BCUT2D eigenvalue weighted by atomic mass is 35.5. The first kappa shape index (κ1) is 14.6. The van der Waals surface area contributed by atoms with E-state index >= 15 is 0 Å². The molecule has 114 valence electrons. The minimum absolute atomic E-state index is 0.270. The highest BCUT2D eigenvalue weighted by molar-refractivity contribution is 6.30. The van der Waals surface area contributed by atoms with Gasteiger partial charge in [0.05, 0.1) is 17.3 Å². The van der Waals surface area contributed by atoms with Gasteiger partial charge in [-0.15, -0.1) is 0 Å². The molecule has 22 heavy (non-hydrogen) atoms. The predicted molar refractivity (Wildman–Crippen MR) is 81.9 cm³/mol. The van der Waals surface area contributed by atoms with Gasteiger partial charge in [-0.3, -0.25) is 4.79 Å². The van der Waals surface area contributed by atoms with Gasteiger partial charge in [0.15, 0.2) is 5.76 Å². The fraction of sp³-hybridized carbons (Fsp3) is 0.267. The van der Waals surface area contributed by atoms with Crippen LogP contribution in [-0.4, -0.2) is 20.4 Å². The van der Waals surface area contributed by atoms with Crippen LogP contribution in [0.15, 0.2) is 35.1 Å². The van der Waals surface area contributed by atoms with Crippen molar-refractivity contribution in [2.75, 3.05) is 0 Å². The Morgan fingerprint density at radius 2 is 2.27 bits per heavy atom. The highest BCUT2D eigenvalue weighted by Gasteiger charge is 2.12. The summed E-state index contributed by atoms with van der Waals surface area (Å²) >= 11 is 5.91. The van der Waals surface area contributed by atoms with E-state index in [0.29, 0.717) is 22.1 Å². The first-order valence-corrected chi connectivity index (χ1v) is 7.40. The lowest BCUT2D eigenvalue weighted by Gasteiger charge is -1.98. The van der Waals surface area contributed by atoms with Gasteiger partial charge < -0.3 is 14.2 Å². The Kier molecular flexibility index (Phi) is 4.11. The van der Waals surface area contributed by atoms with E-state index in [2.05, 4.69) is 22.4 Å². The molecule has 0 aromatic carbocycles. The summed E-state index contributed by atoms with van der Waals surface area (Å²) < 4.78 is 6.88. The van der Waals surface area contributed by atoms with Crippen molar-refractivity contribution in [1.82, 2.24) is 19.9 Å². The summed E-state index contributed by atoms with van der Waals surface area (Å²) in [7, 11) is 0. The van der Waals surface area contributed by atoms with E-state index in [1.165, 1.54) is 0 Å². The molecule has 3 aromatic rings. The lowest BCUT2D eigenvalue weighted by atomic mass is 10.2. The maximum Gasteiger partial charge on any atom is 0.271 e. The molecule has 0 saturated heterocycles. The molecule has 0 unspecified atom stereocenters. The van der Waals surface area contributed by atoms with Gasteiger partial charge in [-0.2, -0.15) is 0 Å². The molecule has 3 aromatic heterocycles. The molecule has 6 nitrogen and oxygen atoms in total. The molecule has 0 radical (unpaired) electrons. The number of aryl methyl sites for hydroxylation is 1. The number of fused-ring (bicyclic) bond motifs is 1. The second-order valence-electron chi connectivity index (χ2n) is 4.96. The van der Waals surface area contributed by atoms with Gasteiger partial charge in [0.25, 0.3) is 5.91 Å². The third-order valence-electron chi connectivity index (χ3n) is 3.18. The Hall–Kier alpha value is -2.34. The maximum atomic E-state index is 12.1. The monoisotopic (exact) mass is 318 g/mol. The van der Waals surface area contributed by atoms with Gasteiger partial charge in [-0.25, -0.2) is 4.98 Å². The van der Waals surface area contributed by atoms with Gasteiger partial charge >= 0.3 is 0 Å². The highest BCUT2D eigenvalue weighted by Crippen LogP contribution is 2.12. The van der Waals surface area contributed by atoms with Crippen molar-refractivity contribution in [2.24, 2.45) is 0 Å². The summed E-state index contributed by atoms with van der Waals surface area (Å²) in [6.45, 7) is 2.36. The number of hydrogen-bond acceptors (Lipinski definition) is 4. The van der Waals surface area contributed by atoms with Gasteiger partial charge in [0.1, 0.15) is 11.3 Å². The maximum absolute atomic E-state index is 12.1. The Labute approximate surface area is 132 Å². The third-order valence-corrected chi connectivity index (χ3v) is 3.41. The number of amides is 1. The quantitative estimate of drug-likeness (QED) is 0.785. The molecule has 0 spiro atoms. The number of carbonyl (C=O) groups excluding carboxylic acids is 1. The van der Waals surface area contributed by atoms with Crippen molar-refractivity contribution in [2.45, 2.75) is 26.3 Å². The molecular weight excluding hydrogens is 304 g/mol. The summed E-state index contributed by atoms with van der Waals surface area (Å²) in [6.07, 6.45) is 5.21. The van der Waals surface area contributed by atoms with Crippen LogP contribution in [0.1, 0.15) is 35.3 Å². The zero-order valence-electron chi connectivity index (χ0n) is 12.0. The number of pyridine rings is 1.